The number of nitrogens with zero attached hydrogens (tertiary/aromatic N) is 1. The van der Waals surface area contributed by atoms with Crippen LogP contribution >= 0.6 is 11.6 Å². The van der Waals surface area contributed by atoms with Gasteiger partial charge in [-0.3, -0.25) is 9.69 Å². The molecule has 0 bridgehead atoms. The third-order valence-electron chi connectivity index (χ3n) is 5.24. The Kier molecular flexibility index (Phi) is 5.72. The second-order valence-electron chi connectivity index (χ2n) is 7.15. The van der Waals surface area contributed by atoms with Crippen molar-refractivity contribution in [2.24, 2.45) is 0 Å². The first-order valence-corrected chi connectivity index (χ1v) is 9.97. The highest BCUT2D eigenvalue weighted by Gasteiger charge is 2.30. The number of halogens is 1. The fourth-order valence-corrected chi connectivity index (χ4v) is 4.06. The van der Waals surface area contributed by atoms with Crippen molar-refractivity contribution in [2.75, 3.05) is 13.2 Å². The molecule has 3 aromatic rings. The van der Waals surface area contributed by atoms with E-state index in [0.717, 1.165) is 27.2 Å². The average Bonchev–Trinajstić information content (AvgIpc) is 3.06. The van der Waals surface area contributed by atoms with Crippen LogP contribution in [-0.4, -0.2) is 35.2 Å². The van der Waals surface area contributed by atoms with Crippen molar-refractivity contribution in [1.82, 2.24) is 4.90 Å². The van der Waals surface area contributed by atoms with Crippen LogP contribution in [0.25, 0.3) is 11.1 Å². The van der Waals surface area contributed by atoms with Gasteiger partial charge in [0.25, 0.3) is 0 Å². The average molecular weight is 422 g/mol. The fraction of sp³-hybridized carbons (Fsp3) is 0.167. The number of ether oxygens (including phenoxy) is 1. The van der Waals surface area contributed by atoms with E-state index in [-0.39, 0.29) is 19.1 Å². The van der Waals surface area contributed by atoms with Crippen LogP contribution in [0.15, 0.2) is 72.8 Å². The number of amides is 1. The van der Waals surface area contributed by atoms with Crippen molar-refractivity contribution in [2.45, 2.75) is 12.5 Å². The molecule has 4 rings (SSSR count). The predicted octanol–water partition coefficient (Wildman–Crippen LogP) is 5.18. The van der Waals surface area contributed by atoms with Crippen molar-refractivity contribution in [3.05, 3.63) is 94.5 Å². The molecule has 0 heterocycles. The maximum Gasteiger partial charge on any atom is 0.410 e. The summed E-state index contributed by atoms with van der Waals surface area (Å²) in [4.78, 5) is 25.2. The van der Waals surface area contributed by atoms with Gasteiger partial charge in [0.15, 0.2) is 0 Å². The van der Waals surface area contributed by atoms with Crippen LogP contribution in [0.5, 0.6) is 0 Å². The topological polar surface area (TPSA) is 66.8 Å². The van der Waals surface area contributed by atoms with Gasteiger partial charge in [-0.05, 0) is 33.9 Å². The predicted molar refractivity (Wildman–Crippen MR) is 115 cm³/mol. The molecule has 30 heavy (non-hydrogen) atoms. The van der Waals surface area contributed by atoms with E-state index in [4.69, 9.17) is 16.3 Å². The molecule has 6 heteroatoms. The van der Waals surface area contributed by atoms with Crippen molar-refractivity contribution >= 4 is 23.7 Å². The van der Waals surface area contributed by atoms with Gasteiger partial charge < -0.3 is 9.84 Å². The maximum absolute atomic E-state index is 12.8. The Morgan fingerprint density at radius 2 is 1.47 bits per heavy atom. The second kappa shape index (κ2) is 8.59. The lowest BCUT2D eigenvalue weighted by Gasteiger charge is -2.22. The molecular formula is C24H20ClNO4. The smallest absolute Gasteiger partial charge is 0.410 e. The first kappa shape index (κ1) is 20.0. The molecule has 0 radical (unpaired) electrons. The molecule has 3 aromatic carbocycles. The lowest BCUT2D eigenvalue weighted by atomic mass is 9.98. The summed E-state index contributed by atoms with van der Waals surface area (Å²) in [6, 6.07) is 23.1. The molecule has 1 amide bonds. The van der Waals surface area contributed by atoms with E-state index in [9.17, 15) is 14.7 Å². The first-order chi connectivity index (χ1) is 14.5. The molecule has 1 N–H and O–H groups in total. The number of carbonyl (C=O) groups excluding carboxylic acids is 1. The van der Waals surface area contributed by atoms with Gasteiger partial charge in [0.1, 0.15) is 13.2 Å². The van der Waals surface area contributed by atoms with Gasteiger partial charge >= 0.3 is 12.1 Å². The molecule has 5 nitrogen and oxygen atoms in total. The van der Waals surface area contributed by atoms with Gasteiger partial charge in [0.05, 0.1) is 6.54 Å². The van der Waals surface area contributed by atoms with Gasteiger partial charge in [-0.15, -0.1) is 0 Å². The summed E-state index contributed by atoms with van der Waals surface area (Å²) in [5.74, 6) is -1.20. The lowest BCUT2D eigenvalue weighted by Crippen LogP contribution is -2.36. The van der Waals surface area contributed by atoms with E-state index in [2.05, 4.69) is 12.1 Å². The Bertz CT molecular complexity index is 1050. The third-order valence-corrected chi connectivity index (χ3v) is 5.61. The Morgan fingerprint density at radius 1 is 0.900 bits per heavy atom. The van der Waals surface area contributed by atoms with Crippen molar-refractivity contribution in [3.63, 3.8) is 0 Å². The summed E-state index contributed by atoms with van der Waals surface area (Å²) in [6.07, 6.45) is -0.681. The van der Waals surface area contributed by atoms with E-state index < -0.39 is 18.6 Å². The highest BCUT2D eigenvalue weighted by atomic mass is 35.5. The molecule has 0 aliphatic heterocycles. The third kappa shape index (κ3) is 4.02. The Morgan fingerprint density at radius 3 is 2.07 bits per heavy atom. The minimum atomic E-state index is -1.12. The van der Waals surface area contributed by atoms with Crippen molar-refractivity contribution in [3.8, 4) is 11.1 Å². The molecule has 0 unspecified atom stereocenters. The molecular weight excluding hydrogens is 402 g/mol. The summed E-state index contributed by atoms with van der Waals surface area (Å²) in [6.45, 7) is -0.282. The van der Waals surface area contributed by atoms with E-state index in [1.165, 1.54) is 0 Å². The van der Waals surface area contributed by atoms with Crippen LogP contribution < -0.4 is 0 Å². The normalized spacial score (nSPS) is 12.2. The summed E-state index contributed by atoms with van der Waals surface area (Å²) in [5.41, 5.74) is 5.12. The molecule has 0 saturated heterocycles. The maximum atomic E-state index is 12.8. The summed E-state index contributed by atoms with van der Waals surface area (Å²) in [5, 5.41) is 9.71. The first-order valence-electron chi connectivity index (χ1n) is 9.59. The molecule has 0 spiro atoms. The fourth-order valence-electron chi connectivity index (χ4n) is 3.87. The molecule has 0 saturated carbocycles. The van der Waals surface area contributed by atoms with Gasteiger partial charge in [-0.25, -0.2) is 4.79 Å². The summed E-state index contributed by atoms with van der Waals surface area (Å²) >= 11 is 6.18. The van der Waals surface area contributed by atoms with Crippen LogP contribution in [0, 0.1) is 0 Å². The van der Waals surface area contributed by atoms with Gasteiger partial charge in [0.2, 0.25) is 0 Å². The lowest BCUT2D eigenvalue weighted by molar-refractivity contribution is -0.138. The Labute approximate surface area is 179 Å². The van der Waals surface area contributed by atoms with E-state index in [0.29, 0.717) is 10.6 Å². The van der Waals surface area contributed by atoms with Gasteiger partial charge in [-0.2, -0.15) is 0 Å². The zero-order valence-electron chi connectivity index (χ0n) is 16.1. The summed E-state index contributed by atoms with van der Waals surface area (Å²) in [7, 11) is 0. The number of carboxylic acid groups (broad SMARTS) is 1. The molecule has 1 aliphatic carbocycles. The number of rotatable bonds is 6. The monoisotopic (exact) mass is 421 g/mol. The molecule has 152 valence electrons. The number of fused-ring (bicyclic) bond motifs is 3. The number of hydrogen-bond acceptors (Lipinski definition) is 3. The van der Waals surface area contributed by atoms with Crippen molar-refractivity contribution in [1.29, 1.82) is 0 Å². The molecule has 0 aromatic heterocycles. The Balaban J connectivity index is 1.52. The minimum Gasteiger partial charge on any atom is -0.480 e. The zero-order chi connectivity index (χ0) is 21.1. The Hall–Kier alpha value is -3.31. The number of hydrogen-bond donors (Lipinski definition) is 1. The van der Waals surface area contributed by atoms with Crippen LogP contribution in [0.4, 0.5) is 4.79 Å². The molecule has 0 fully saturated rings. The van der Waals surface area contributed by atoms with Crippen LogP contribution in [-0.2, 0) is 16.1 Å². The molecule has 0 atom stereocenters. The van der Waals surface area contributed by atoms with Crippen LogP contribution in [0.1, 0.15) is 22.6 Å². The SMILES string of the molecule is O=C(O)CN(Cc1ccccc1Cl)C(=O)OCC1c2ccccc2-c2ccccc21. The van der Waals surface area contributed by atoms with Crippen LogP contribution in [0.2, 0.25) is 5.02 Å². The van der Waals surface area contributed by atoms with Gasteiger partial charge in [-0.1, -0.05) is 78.3 Å². The van der Waals surface area contributed by atoms with E-state index >= 15 is 0 Å². The quantitative estimate of drug-likeness (QED) is 0.595. The highest BCUT2D eigenvalue weighted by Crippen LogP contribution is 2.44. The van der Waals surface area contributed by atoms with E-state index in [1.54, 1.807) is 24.3 Å². The highest BCUT2D eigenvalue weighted by molar-refractivity contribution is 6.31. The minimum absolute atomic E-state index is 0.0582. The van der Waals surface area contributed by atoms with Gasteiger partial charge in [0, 0.05) is 10.9 Å². The zero-order valence-corrected chi connectivity index (χ0v) is 16.9. The number of aliphatic carboxylic acids is 1. The van der Waals surface area contributed by atoms with Crippen LogP contribution in [0.3, 0.4) is 0 Å². The van der Waals surface area contributed by atoms with E-state index in [1.807, 2.05) is 36.4 Å². The summed E-state index contributed by atoms with van der Waals surface area (Å²) < 4.78 is 5.60. The largest absolute Gasteiger partial charge is 0.480 e. The second-order valence-corrected chi connectivity index (χ2v) is 7.55. The van der Waals surface area contributed by atoms with Crippen molar-refractivity contribution < 1.29 is 19.4 Å². The standard InChI is InChI=1S/C24H20ClNO4/c25-22-12-6-1-7-16(22)13-26(14-23(27)28)24(29)30-15-21-19-10-4-2-8-17(19)18-9-3-5-11-20(18)21/h1-12,21H,13-15H2,(H,27,28). The number of carboxylic acids is 1. The molecule has 1 aliphatic rings. The number of benzene rings is 3. The number of carbonyl (C=O) groups is 2.